The number of aromatic amines is 2. The fourth-order valence-electron chi connectivity index (χ4n) is 14.9. The van der Waals surface area contributed by atoms with E-state index in [1.165, 1.54) is 66.8 Å². The van der Waals surface area contributed by atoms with E-state index in [1.54, 1.807) is 0 Å². The molecule has 0 saturated heterocycles. The van der Waals surface area contributed by atoms with Gasteiger partial charge in [0, 0.05) is 51.5 Å². The van der Waals surface area contributed by atoms with E-state index in [2.05, 4.69) is 476 Å². The number of halogens is 2. The van der Waals surface area contributed by atoms with Crippen LogP contribution in [-0.4, -0.2) is 19.9 Å². The molecule has 3 aromatic heterocycles. The van der Waals surface area contributed by atoms with Crippen LogP contribution in [0.25, 0.3) is 139 Å². The molecule has 2 aliphatic rings. The van der Waals surface area contributed by atoms with Gasteiger partial charge in [-0.1, -0.05) is 312 Å². The van der Waals surface area contributed by atoms with Gasteiger partial charge in [-0.15, -0.1) is 0 Å². The van der Waals surface area contributed by atoms with Gasteiger partial charge in [0.2, 0.25) is 0 Å². The maximum absolute atomic E-state index is 6.05. The molecule has 0 spiro atoms. The minimum atomic E-state index is -0.0500. The first-order chi connectivity index (χ1) is 53.2. The first kappa shape index (κ1) is 82.8. The summed E-state index contributed by atoms with van der Waals surface area (Å²) < 4.78 is 2.32. The maximum atomic E-state index is 6.05. The molecule has 8 aromatic carbocycles. The Balaban J connectivity index is 1.14. The lowest BCUT2D eigenvalue weighted by atomic mass is 9.79. The molecule has 4 nitrogen and oxygen atoms in total. The Morgan fingerprint density at radius 3 is 0.570 bits per heavy atom. The SMILES string of the molecule is CC(C)(C)c1cc(/C=C/c2cc(/C=C/c3cc(C(C)(C)C)cc(C(C)(C)C)c3)cc(-c3c4nc(c(-c5cc(/C=C/c6cc(C(C)(C)C)cc(C(C)(C)C)c6)cc(/C=C/c6cc(C(C)(C)C)cc(C(C)(C)C)c6)c5)c5ccc([nH]5)c(-c5ccc(I)cc5)c5nc(c(-c6ccc(I)cc6)c6ccc3[nH]6)C=C5)C=C4)c2)cc(C(C)(C)C)c1. The summed E-state index contributed by atoms with van der Waals surface area (Å²) in [5.74, 6) is 0. The summed E-state index contributed by atoms with van der Waals surface area (Å²) in [6.45, 7) is 55.6. The first-order valence-electron chi connectivity index (χ1n) is 40.6. The summed E-state index contributed by atoms with van der Waals surface area (Å²) in [5, 5.41) is 0. The van der Waals surface area contributed by atoms with Crippen molar-refractivity contribution in [1.29, 1.82) is 0 Å². The third-order valence-electron chi connectivity index (χ3n) is 22.2. The van der Waals surface area contributed by atoms with Gasteiger partial charge in [0.25, 0.3) is 0 Å². The fourth-order valence-corrected chi connectivity index (χ4v) is 15.6. The molecular weight excluding hydrogens is 1610 g/mol. The molecule has 0 aliphatic carbocycles. The molecule has 2 aliphatic heterocycles. The van der Waals surface area contributed by atoms with Crippen molar-refractivity contribution >= 4 is 140 Å². The Morgan fingerprint density at radius 1 is 0.211 bits per heavy atom. The lowest BCUT2D eigenvalue weighted by Gasteiger charge is -2.25. The number of nitrogens with zero attached hydrogens (tertiary/aromatic N) is 2. The van der Waals surface area contributed by atoms with Crippen LogP contribution in [0.4, 0.5) is 0 Å². The summed E-state index contributed by atoms with van der Waals surface area (Å²) in [7, 11) is 0. The summed E-state index contributed by atoms with van der Waals surface area (Å²) in [6.07, 6.45) is 27.4. The molecule has 8 bridgehead atoms. The number of rotatable bonds is 12. The molecule has 0 saturated carbocycles. The zero-order valence-electron chi connectivity index (χ0n) is 71.9. The molecule has 6 heteroatoms. The predicted octanol–water partition coefficient (Wildman–Crippen LogP) is 31.6. The largest absolute Gasteiger partial charge is 0.354 e. The van der Waals surface area contributed by atoms with Crippen LogP contribution in [0.2, 0.25) is 0 Å². The van der Waals surface area contributed by atoms with Crippen LogP contribution < -0.4 is 0 Å². The normalized spacial score (nSPS) is 13.5. The van der Waals surface area contributed by atoms with Gasteiger partial charge in [-0.25, -0.2) is 9.97 Å². The second kappa shape index (κ2) is 31.4. The van der Waals surface area contributed by atoms with Gasteiger partial charge in [-0.3, -0.25) is 0 Å². The number of fused-ring (bicyclic) bond motifs is 8. The van der Waals surface area contributed by atoms with Gasteiger partial charge in [-0.05, 0) is 309 Å². The van der Waals surface area contributed by atoms with E-state index in [9.17, 15) is 0 Å². The monoisotopic (exact) mass is 1720 g/mol. The standard InChI is InChI=1S/C108H116I2N4/c1-101(2,3)79-55-71(56-80(63-79)102(4,5)6)29-25-67-49-68(26-30-72-57-81(103(7,8)9)64-82(58-72)104(10,11)12)52-77(51-67)99-93-45-43-91(112-93)97(75-33-37-87(109)38-34-75)89-41-42-90(111-89)98(76-35-39-88(110)40-36-76)92-44-46-94(113-92)100(96-48-47-95(99)114-96)78-53-69(27-31-73-59-83(105(13,14)15)65-84(60-73)106(16,17)18)50-70(54-78)28-32-74-61-85(107(19,20)21)66-86(62-74)108(22,23)24/h25-66,112-113H,1-24H3/b29-25+,30-26+,31-27+,32-28+,97-89?,97-91?,98-90?,98-92?,99-93?,99-95?,100-94?,100-96?. The topological polar surface area (TPSA) is 57.4 Å². The molecule has 11 aromatic rings. The van der Waals surface area contributed by atoms with Crippen LogP contribution >= 0.6 is 45.2 Å². The van der Waals surface area contributed by atoms with Crippen molar-refractivity contribution < 1.29 is 0 Å². The predicted molar refractivity (Wildman–Crippen MR) is 517 cm³/mol. The van der Waals surface area contributed by atoms with E-state index in [-0.39, 0.29) is 43.3 Å². The highest BCUT2D eigenvalue weighted by Gasteiger charge is 2.27. The summed E-state index contributed by atoms with van der Waals surface area (Å²) >= 11 is 4.83. The molecule has 114 heavy (non-hydrogen) atoms. The van der Waals surface area contributed by atoms with Gasteiger partial charge >= 0.3 is 0 Å². The van der Waals surface area contributed by atoms with Crippen LogP contribution in [0, 0.1) is 7.14 Å². The van der Waals surface area contributed by atoms with E-state index >= 15 is 0 Å². The summed E-state index contributed by atoms with van der Waals surface area (Å²) in [5.41, 5.74) is 34.3. The smallest absolute Gasteiger partial charge is 0.0737 e. The Kier molecular flexibility index (Phi) is 22.8. The molecule has 2 N–H and O–H groups in total. The molecule has 0 amide bonds. The highest BCUT2D eigenvalue weighted by molar-refractivity contribution is 14.1. The molecule has 0 fully saturated rings. The Hall–Kier alpha value is -9.22. The Bertz CT molecular complexity index is 5210. The van der Waals surface area contributed by atoms with Crippen molar-refractivity contribution in [2.75, 3.05) is 0 Å². The minimum Gasteiger partial charge on any atom is -0.354 e. The van der Waals surface area contributed by atoms with Crippen molar-refractivity contribution in [3.05, 3.63) is 301 Å². The van der Waals surface area contributed by atoms with Gasteiger partial charge in [0.1, 0.15) is 0 Å². The van der Waals surface area contributed by atoms with Crippen molar-refractivity contribution in [2.24, 2.45) is 0 Å². The molecule has 0 unspecified atom stereocenters. The number of nitrogens with one attached hydrogen (secondary N) is 2. The third kappa shape index (κ3) is 19.3. The van der Waals surface area contributed by atoms with Crippen LogP contribution in [0.3, 0.4) is 0 Å². The van der Waals surface area contributed by atoms with Crippen LogP contribution in [-0.2, 0) is 43.3 Å². The molecule has 0 radical (unpaired) electrons. The lowest BCUT2D eigenvalue weighted by Crippen LogP contribution is -2.16. The molecule has 13 rings (SSSR count). The fraction of sp³-hybridized carbons (Fsp3) is 0.296. The third-order valence-corrected chi connectivity index (χ3v) is 23.6. The van der Waals surface area contributed by atoms with Gasteiger partial charge < -0.3 is 9.97 Å². The van der Waals surface area contributed by atoms with Crippen LogP contribution in [0.1, 0.15) is 278 Å². The number of hydrogen-bond acceptors (Lipinski definition) is 2. The van der Waals surface area contributed by atoms with Crippen LogP contribution in [0.5, 0.6) is 0 Å². The molecular formula is C108H116I2N4. The quantitative estimate of drug-likeness (QED) is 0.0946. The average Bonchev–Trinajstić information content (AvgIpc) is 1.60. The summed E-state index contributed by atoms with van der Waals surface area (Å²) in [4.78, 5) is 20.0. The van der Waals surface area contributed by atoms with Crippen molar-refractivity contribution in [3.8, 4) is 44.5 Å². The lowest BCUT2D eigenvalue weighted by molar-refractivity contribution is 0.568. The second-order valence-electron chi connectivity index (χ2n) is 40.0. The van der Waals surface area contributed by atoms with Gasteiger partial charge in [0.05, 0.1) is 22.8 Å². The van der Waals surface area contributed by atoms with E-state index in [0.717, 1.165) is 119 Å². The molecule has 5 heterocycles. The van der Waals surface area contributed by atoms with Crippen molar-refractivity contribution in [3.63, 3.8) is 0 Å². The van der Waals surface area contributed by atoms with E-state index in [0.29, 0.717) is 0 Å². The number of H-pyrrole nitrogens is 2. The van der Waals surface area contributed by atoms with Crippen molar-refractivity contribution in [1.82, 2.24) is 19.9 Å². The van der Waals surface area contributed by atoms with E-state index in [1.807, 2.05) is 0 Å². The van der Waals surface area contributed by atoms with E-state index in [4.69, 9.17) is 9.97 Å². The maximum Gasteiger partial charge on any atom is 0.0737 e. The Morgan fingerprint density at radius 2 is 0.386 bits per heavy atom. The second-order valence-corrected chi connectivity index (χ2v) is 42.5. The number of hydrogen-bond donors (Lipinski definition) is 2. The molecule has 582 valence electrons. The number of aromatic nitrogens is 4. The minimum absolute atomic E-state index is 0.0500. The average molecular weight is 1720 g/mol. The van der Waals surface area contributed by atoms with Crippen LogP contribution in [0.15, 0.2) is 182 Å². The zero-order chi connectivity index (χ0) is 82.2. The number of benzene rings is 8. The van der Waals surface area contributed by atoms with Gasteiger partial charge in [0.15, 0.2) is 0 Å². The zero-order valence-corrected chi connectivity index (χ0v) is 76.2. The van der Waals surface area contributed by atoms with Crippen molar-refractivity contribution in [2.45, 2.75) is 209 Å². The molecule has 0 atom stereocenters. The first-order valence-corrected chi connectivity index (χ1v) is 42.8. The summed E-state index contributed by atoms with van der Waals surface area (Å²) in [6, 6.07) is 69.4. The Labute approximate surface area is 709 Å². The van der Waals surface area contributed by atoms with Gasteiger partial charge in [-0.2, -0.15) is 0 Å². The van der Waals surface area contributed by atoms with E-state index < -0.39 is 0 Å². The highest BCUT2D eigenvalue weighted by Crippen LogP contribution is 2.43. The highest BCUT2D eigenvalue weighted by atomic mass is 127.